The van der Waals surface area contributed by atoms with Crippen LogP contribution in [0, 0.1) is 0 Å². The van der Waals surface area contributed by atoms with Gasteiger partial charge in [-0.2, -0.15) is 0 Å². The Morgan fingerprint density at radius 1 is 0.323 bits per heavy atom. The second-order valence-electron chi connectivity index (χ2n) is 16.1. The third kappa shape index (κ3) is 5.35. The SMILES string of the molecule is c1cc(-c2cccc(-c3ccc4c(c3)C3(c5ccccc5Sc5ccccc53)c3ccccc3-4)c2)cc(-c2cc(-c3nc4ccccc4o3)cc(-c3nc4ccccc4o3)c2)c1. The van der Waals surface area contributed by atoms with E-state index in [-0.39, 0.29) is 0 Å². The second kappa shape index (κ2) is 13.6. The summed E-state index contributed by atoms with van der Waals surface area (Å²) >= 11 is 1.88. The maximum atomic E-state index is 6.30. The lowest BCUT2D eigenvalue weighted by atomic mass is 9.67. The van der Waals surface area contributed by atoms with E-state index in [1.54, 1.807) is 0 Å². The number of fused-ring (bicyclic) bond motifs is 11. The number of para-hydroxylation sites is 4. The fourth-order valence-electron chi connectivity index (χ4n) is 9.82. The largest absolute Gasteiger partial charge is 0.436 e. The minimum atomic E-state index is -0.421. The number of oxazole rings is 2. The van der Waals surface area contributed by atoms with Gasteiger partial charge in [0.15, 0.2) is 11.2 Å². The van der Waals surface area contributed by atoms with Crippen LogP contribution in [0.3, 0.4) is 0 Å². The van der Waals surface area contributed by atoms with Gasteiger partial charge < -0.3 is 8.83 Å². The molecule has 3 heterocycles. The highest BCUT2D eigenvalue weighted by molar-refractivity contribution is 7.99. The lowest BCUT2D eigenvalue weighted by Crippen LogP contribution is -2.31. The lowest BCUT2D eigenvalue weighted by Gasteiger charge is -2.39. The van der Waals surface area contributed by atoms with E-state index in [2.05, 4.69) is 158 Å². The normalized spacial score (nSPS) is 13.2. The van der Waals surface area contributed by atoms with E-state index < -0.39 is 5.41 Å². The molecule has 1 aliphatic heterocycles. The Kier molecular flexibility index (Phi) is 7.72. The first-order chi connectivity index (χ1) is 30.7. The third-order valence-corrected chi connectivity index (χ3v) is 13.7. The molecular weight excluding hydrogens is 777 g/mol. The molecule has 0 amide bonds. The molecule has 62 heavy (non-hydrogen) atoms. The smallest absolute Gasteiger partial charge is 0.227 e. The molecule has 0 bridgehead atoms. The van der Waals surface area contributed by atoms with Gasteiger partial charge in [-0.25, -0.2) is 9.97 Å². The molecular formula is C57H34N2O2S. The zero-order valence-electron chi connectivity index (χ0n) is 33.2. The molecule has 0 unspecified atom stereocenters. The topological polar surface area (TPSA) is 52.1 Å². The molecule has 4 nitrogen and oxygen atoms in total. The van der Waals surface area contributed by atoms with Gasteiger partial charge in [0.05, 0.1) is 5.41 Å². The van der Waals surface area contributed by atoms with E-state index in [4.69, 9.17) is 18.8 Å². The summed E-state index contributed by atoms with van der Waals surface area (Å²) in [4.78, 5) is 12.3. The van der Waals surface area contributed by atoms with Gasteiger partial charge in [-0.05, 0) is 140 Å². The van der Waals surface area contributed by atoms with Gasteiger partial charge in [-0.15, -0.1) is 0 Å². The lowest BCUT2D eigenvalue weighted by molar-refractivity contribution is 0.617. The Hall–Kier alpha value is -7.73. The van der Waals surface area contributed by atoms with Crippen LogP contribution in [0.4, 0.5) is 0 Å². The highest BCUT2D eigenvalue weighted by Gasteiger charge is 2.50. The molecule has 2 aromatic heterocycles. The van der Waals surface area contributed by atoms with Gasteiger partial charge >= 0.3 is 0 Å². The molecule has 0 fully saturated rings. The summed E-state index contributed by atoms with van der Waals surface area (Å²) in [5.74, 6) is 1.10. The molecule has 1 aliphatic carbocycles. The van der Waals surface area contributed by atoms with E-state index in [9.17, 15) is 0 Å². The summed E-state index contributed by atoms with van der Waals surface area (Å²) in [6, 6.07) is 73.8. The molecule has 5 heteroatoms. The Morgan fingerprint density at radius 3 is 1.34 bits per heavy atom. The molecule has 0 atom stereocenters. The first-order valence-electron chi connectivity index (χ1n) is 20.9. The van der Waals surface area contributed by atoms with Crippen molar-refractivity contribution >= 4 is 34.0 Å². The van der Waals surface area contributed by atoms with Crippen LogP contribution in [0.15, 0.2) is 225 Å². The molecule has 290 valence electrons. The highest BCUT2D eigenvalue weighted by atomic mass is 32.2. The fraction of sp³-hybridized carbons (Fsp3) is 0.0175. The van der Waals surface area contributed by atoms with Crippen molar-refractivity contribution in [3.8, 4) is 67.4 Å². The van der Waals surface area contributed by atoms with Crippen molar-refractivity contribution in [1.29, 1.82) is 0 Å². The molecule has 0 saturated carbocycles. The average Bonchev–Trinajstić information content (AvgIpc) is 4.05. The number of benzene rings is 9. The van der Waals surface area contributed by atoms with Gasteiger partial charge in [0.2, 0.25) is 11.8 Å². The predicted molar refractivity (Wildman–Crippen MR) is 250 cm³/mol. The minimum absolute atomic E-state index is 0.421. The number of aromatic nitrogens is 2. The van der Waals surface area contributed by atoms with Crippen LogP contribution in [-0.4, -0.2) is 9.97 Å². The zero-order valence-corrected chi connectivity index (χ0v) is 34.1. The number of hydrogen-bond acceptors (Lipinski definition) is 5. The quantitative estimate of drug-likeness (QED) is 0.173. The van der Waals surface area contributed by atoms with Crippen LogP contribution in [0.1, 0.15) is 22.3 Å². The Labute approximate surface area is 362 Å². The summed E-state index contributed by atoms with van der Waals surface area (Å²) in [6.45, 7) is 0. The monoisotopic (exact) mass is 810 g/mol. The van der Waals surface area contributed by atoms with Crippen molar-refractivity contribution in [3.05, 3.63) is 229 Å². The highest BCUT2D eigenvalue weighted by Crippen LogP contribution is 2.62. The van der Waals surface area contributed by atoms with Gasteiger partial charge in [0.25, 0.3) is 0 Å². The van der Waals surface area contributed by atoms with E-state index in [0.29, 0.717) is 11.8 Å². The van der Waals surface area contributed by atoms with Crippen molar-refractivity contribution in [2.75, 3.05) is 0 Å². The van der Waals surface area contributed by atoms with Crippen molar-refractivity contribution in [1.82, 2.24) is 9.97 Å². The molecule has 0 saturated heterocycles. The van der Waals surface area contributed by atoms with Gasteiger partial charge in [-0.1, -0.05) is 145 Å². The fourth-order valence-corrected chi connectivity index (χ4v) is 11.0. The Morgan fingerprint density at radius 2 is 0.758 bits per heavy atom. The van der Waals surface area contributed by atoms with E-state index >= 15 is 0 Å². The van der Waals surface area contributed by atoms with Crippen molar-refractivity contribution < 1.29 is 8.83 Å². The Bertz CT molecular complexity index is 3390. The molecule has 2 aliphatic rings. The standard InChI is InChI=1S/C57H34N2O2S/c1-2-18-45-43(17-1)44-28-27-39(34-48(44)57(45)46-19-3-9-25-53(46)62-54-26-10-4-20-47(54)57)37-15-11-13-35(29-37)36-14-12-16-38(30-36)40-31-41(55-58-49-21-5-7-23-51(49)60-55)33-42(32-40)56-59-50-22-6-8-24-52(50)61-56/h1-34H. The van der Waals surface area contributed by atoms with E-state index in [0.717, 1.165) is 55.6 Å². The second-order valence-corrected chi connectivity index (χ2v) is 17.2. The third-order valence-electron chi connectivity index (χ3n) is 12.6. The predicted octanol–water partition coefficient (Wildman–Crippen LogP) is 15.1. The van der Waals surface area contributed by atoms with Gasteiger partial charge in [0, 0.05) is 20.9 Å². The minimum Gasteiger partial charge on any atom is -0.436 e. The summed E-state index contributed by atoms with van der Waals surface area (Å²) in [6.07, 6.45) is 0. The number of hydrogen-bond donors (Lipinski definition) is 0. The van der Waals surface area contributed by atoms with Crippen molar-refractivity contribution in [2.45, 2.75) is 15.2 Å². The first kappa shape index (κ1) is 35.1. The maximum Gasteiger partial charge on any atom is 0.227 e. The van der Waals surface area contributed by atoms with E-state index in [1.807, 2.05) is 60.3 Å². The number of nitrogens with zero attached hydrogens (tertiary/aromatic N) is 2. The molecule has 9 aromatic carbocycles. The molecule has 11 aromatic rings. The first-order valence-corrected chi connectivity index (χ1v) is 21.7. The zero-order chi connectivity index (χ0) is 40.8. The van der Waals surface area contributed by atoms with E-state index in [1.165, 1.54) is 54.3 Å². The summed E-state index contributed by atoms with van der Waals surface area (Å²) in [5.41, 5.74) is 19.0. The molecule has 13 rings (SSSR count). The molecule has 0 N–H and O–H groups in total. The van der Waals surface area contributed by atoms with Gasteiger partial charge in [0.1, 0.15) is 11.0 Å². The average molecular weight is 811 g/mol. The van der Waals surface area contributed by atoms with Gasteiger partial charge in [-0.3, -0.25) is 0 Å². The molecule has 1 spiro atoms. The maximum absolute atomic E-state index is 6.30. The summed E-state index contributed by atoms with van der Waals surface area (Å²) in [5, 5.41) is 0. The molecule has 0 radical (unpaired) electrons. The van der Waals surface area contributed by atoms with Crippen LogP contribution in [-0.2, 0) is 5.41 Å². The van der Waals surface area contributed by atoms with Crippen LogP contribution < -0.4 is 0 Å². The van der Waals surface area contributed by atoms with Crippen molar-refractivity contribution in [3.63, 3.8) is 0 Å². The summed E-state index contributed by atoms with van der Waals surface area (Å²) in [7, 11) is 0. The van der Waals surface area contributed by atoms with Crippen LogP contribution in [0.5, 0.6) is 0 Å². The Balaban J connectivity index is 0.927. The summed E-state index contributed by atoms with van der Waals surface area (Å²) < 4.78 is 12.6. The number of rotatable bonds is 5. The van der Waals surface area contributed by atoms with Crippen LogP contribution >= 0.6 is 11.8 Å². The van der Waals surface area contributed by atoms with Crippen LogP contribution in [0.2, 0.25) is 0 Å². The van der Waals surface area contributed by atoms with Crippen LogP contribution in [0.25, 0.3) is 89.6 Å². The van der Waals surface area contributed by atoms with Crippen molar-refractivity contribution in [2.24, 2.45) is 0 Å².